The highest BCUT2D eigenvalue weighted by atomic mass is 35.5. The van der Waals surface area contributed by atoms with Gasteiger partial charge in [-0.05, 0) is 25.9 Å². The summed E-state index contributed by atoms with van der Waals surface area (Å²) < 4.78 is 0. The van der Waals surface area contributed by atoms with Crippen molar-refractivity contribution in [3.8, 4) is 0 Å². The number of nitrogens with zero attached hydrogens (tertiary/aromatic N) is 1. The van der Waals surface area contributed by atoms with E-state index in [0.29, 0.717) is 19.0 Å². The predicted molar refractivity (Wildman–Crippen MR) is 67.0 cm³/mol. The Morgan fingerprint density at radius 3 is 2.65 bits per heavy atom. The highest BCUT2D eigenvalue weighted by Crippen LogP contribution is 2.20. The Labute approximate surface area is 108 Å². The molecule has 0 saturated carbocycles. The van der Waals surface area contributed by atoms with Crippen molar-refractivity contribution in [1.29, 1.82) is 0 Å². The fourth-order valence-electron chi connectivity index (χ4n) is 2.21. The Bertz CT molecular complexity index is 307. The van der Waals surface area contributed by atoms with Gasteiger partial charge in [-0.3, -0.25) is 9.59 Å². The average molecular weight is 262 g/mol. The molecule has 2 heterocycles. The Morgan fingerprint density at radius 1 is 1.47 bits per heavy atom. The molecule has 0 aromatic rings. The van der Waals surface area contributed by atoms with Crippen molar-refractivity contribution in [3.05, 3.63) is 0 Å². The van der Waals surface area contributed by atoms with Gasteiger partial charge in [0.25, 0.3) is 0 Å². The fraction of sp³-hybridized carbons (Fsp3) is 0.818. The van der Waals surface area contributed by atoms with Gasteiger partial charge in [0.05, 0.1) is 0 Å². The van der Waals surface area contributed by atoms with Crippen molar-refractivity contribution in [1.82, 2.24) is 15.5 Å². The van der Waals surface area contributed by atoms with Crippen LogP contribution in [0.3, 0.4) is 0 Å². The maximum absolute atomic E-state index is 12.2. The van der Waals surface area contributed by atoms with Gasteiger partial charge < -0.3 is 15.5 Å². The minimum atomic E-state index is -0.322. The van der Waals surface area contributed by atoms with Gasteiger partial charge in [-0.1, -0.05) is 6.92 Å². The van der Waals surface area contributed by atoms with Crippen molar-refractivity contribution >= 4 is 24.2 Å². The van der Waals surface area contributed by atoms with E-state index < -0.39 is 0 Å². The number of hydrogen-bond donors (Lipinski definition) is 2. The number of halogens is 1. The van der Waals surface area contributed by atoms with Crippen LogP contribution in [0.15, 0.2) is 0 Å². The summed E-state index contributed by atoms with van der Waals surface area (Å²) in [6.45, 7) is 6.80. The summed E-state index contributed by atoms with van der Waals surface area (Å²) in [5.74, 6) is 0.534. The second-order valence-electron chi connectivity index (χ2n) is 4.71. The molecule has 17 heavy (non-hydrogen) atoms. The number of hydrogen-bond acceptors (Lipinski definition) is 3. The van der Waals surface area contributed by atoms with E-state index in [1.54, 1.807) is 11.8 Å². The molecule has 0 aromatic heterocycles. The summed E-state index contributed by atoms with van der Waals surface area (Å²) in [5.41, 5.74) is 0. The molecule has 98 valence electrons. The van der Waals surface area contributed by atoms with E-state index >= 15 is 0 Å². The van der Waals surface area contributed by atoms with E-state index in [0.717, 1.165) is 13.1 Å². The highest BCUT2D eigenvalue weighted by molar-refractivity contribution is 5.89. The Kier molecular flexibility index (Phi) is 4.77. The van der Waals surface area contributed by atoms with Gasteiger partial charge in [-0.15, -0.1) is 12.4 Å². The van der Waals surface area contributed by atoms with Crippen LogP contribution in [0.4, 0.5) is 0 Å². The van der Waals surface area contributed by atoms with Gasteiger partial charge in [0, 0.05) is 19.0 Å². The zero-order chi connectivity index (χ0) is 11.7. The van der Waals surface area contributed by atoms with Crippen LogP contribution in [-0.2, 0) is 9.59 Å². The lowest BCUT2D eigenvalue weighted by atomic mass is 9.87. The zero-order valence-corrected chi connectivity index (χ0v) is 11.0. The van der Waals surface area contributed by atoms with Crippen LogP contribution in [0.1, 0.15) is 13.8 Å². The van der Waals surface area contributed by atoms with Crippen LogP contribution in [-0.4, -0.2) is 48.9 Å². The molecule has 0 bridgehead atoms. The number of carbonyl (C=O) groups is 2. The molecule has 2 aliphatic rings. The SMILES string of the molecule is CC(C(=O)N1CCNC(=O)C1C)C1CNC1.Cl. The lowest BCUT2D eigenvalue weighted by Gasteiger charge is -2.38. The third-order valence-electron chi connectivity index (χ3n) is 3.69. The smallest absolute Gasteiger partial charge is 0.242 e. The lowest BCUT2D eigenvalue weighted by molar-refractivity contribution is -0.146. The first-order chi connectivity index (χ1) is 7.61. The molecule has 6 heteroatoms. The number of rotatable bonds is 2. The van der Waals surface area contributed by atoms with Crippen molar-refractivity contribution < 1.29 is 9.59 Å². The molecule has 0 aromatic carbocycles. The first kappa shape index (κ1) is 14.3. The summed E-state index contributed by atoms with van der Waals surface area (Å²) >= 11 is 0. The molecular formula is C11H20ClN3O2. The first-order valence-corrected chi connectivity index (χ1v) is 5.90. The Hall–Kier alpha value is -0.810. The third-order valence-corrected chi connectivity index (χ3v) is 3.69. The van der Waals surface area contributed by atoms with Crippen LogP contribution >= 0.6 is 12.4 Å². The van der Waals surface area contributed by atoms with Crippen LogP contribution in [0.5, 0.6) is 0 Å². The van der Waals surface area contributed by atoms with Gasteiger partial charge in [0.15, 0.2) is 0 Å². The molecule has 5 nitrogen and oxygen atoms in total. The lowest BCUT2D eigenvalue weighted by Crippen LogP contribution is -2.59. The standard InChI is InChI=1S/C11H19N3O2.ClH/c1-7(9-5-12-6-9)11(16)14-4-3-13-10(15)8(14)2;/h7-9,12H,3-6H2,1-2H3,(H,13,15);1H. The predicted octanol–water partition coefficient (Wildman–Crippen LogP) is -0.389. The van der Waals surface area contributed by atoms with Crippen molar-refractivity contribution in [2.75, 3.05) is 26.2 Å². The Morgan fingerprint density at radius 2 is 2.12 bits per heavy atom. The molecule has 2 aliphatic heterocycles. The number of amides is 2. The third kappa shape index (κ3) is 2.72. The largest absolute Gasteiger partial charge is 0.353 e. The van der Waals surface area contributed by atoms with Crippen LogP contribution in [0.25, 0.3) is 0 Å². The average Bonchev–Trinajstić information content (AvgIpc) is 2.18. The maximum Gasteiger partial charge on any atom is 0.242 e. The molecule has 2 amide bonds. The quantitative estimate of drug-likeness (QED) is 0.712. The summed E-state index contributed by atoms with van der Waals surface area (Å²) in [7, 11) is 0. The van der Waals surface area contributed by atoms with Gasteiger partial charge in [-0.2, -0.15) is 0 Å². The number of nitrogens with one attached hydrogen (secondary N) is 2. The summed E-state index contributed by atoms with van der Waals surface area (Å²) in [5, 5.41) is 5.94. The minimum absolute atomic E-state index is 0. The summed E-state index contributed by atoms with van der Waals surface area (Å²) in [4.78, 5) is 25.4. The molecular weight excluding hydrogens is 242 g/mol. The van der Waals surface area contributed by atoms with Crippen LogP contribution in [0, 0.1) is 11.8 Å². The molecule has 2 saturated heterocycles. The van der Waals surface area contributed by atoms with Crippen molar-refractivity contribution in [2.45, 2.75) is 19.9 Å². The fourth-order valence-corrected chi connectivity index (χ4v) is 2.21. The van der Waals surface area contributed by atoms with E-state index in [2.05, 4.69) is 10.6 Å². The molecule has 0 radical (unpaired) electrons. The minimum Gasteiger partial charge on any atom is -0.353 e. The van der Waals surface area contributed by atoms with Crippen LogP contribution < -0.4 is 10.6 Å². The second-order valence-corrected chi connectivity index (χ2v) is 4.71. The first-order valence-electron chi connectivity index (χ1n) is 5.90. The van der Waals surface area contributed by atoms with Crippen molar-refractivity contribution in [2.24, 2.45) is 11.8 Å². The van der Waals surface area contributed by atoms with Crippen LogP contribution in [0.2, 0.25) is 0 Å². The molecule has 2 rings (SSSR count). The van der Waals surface area contributed by atoms with E-state index in [4.69, 9.17) is 0 Å². The van der Waals surface area contributed by atoms with Gasteiger partial charge in [-0.25, -0.2) is 0 Å². The molecule has 2 atom stereocenters. The topological polar surface area (TPSA) is 61.4 Å². The molecule has 0 spiro atoms. The number of carbonyl (C=O) groups excluding carboxylic acids is 2. The normalized spacial score (nSPS) is 26.6. The summed E-state index contributed by atoms with van der Waals surface area (Å²) in [6, 6.07) is -0.322. The molecule has 2 fully saturated rings. The highest BCUT2D eigenvalue weighted by Gasteiger charge is 2.36. The monoisotopic (exact) mass is 261 g/mol. The van der Waals surface area contributed by atoms with E-state index in [1.807, 2.05) is 6.92 Å². The van der Waals surface area contributed by atoms with Gasteiger partial charge in [0.1, 0.15) is 6.04 Å². The number of piperazine rings is 1. The van der Waals surface area contributed by atoms with E-state index in [9.17, 15) is 9.59 Å². The maximum atomic E-state index is 12.2. The molecule has 2 N–H and O–H groups in total. The molecule has 0 aliphatic carbocycles. The van der Waals surface area contributed by atoms with Gasteiger partial charge in [0.2, 0.25) is 11.8 Å². The Balaban J connectivity index is 0.00000144. The second kappa shape index (κ2) is 5.69. The van der Waals surface area contributed by atoms with Crippen molar-refractivity contribution in [3.63, 3.8) is 0 Å². The molecule has 2 unspecified atom stereocenters. The summed E-state index contributed by atoms with van der Waals surface area (Å²) in [6.07, 6.45) is 0. The van der Waals surface area contributed by atoms with E-state index in [1.165, 1.54) is 0 Å². The van der Waals surface area contributed by atoms with Gasteiger partial charge >= 0.3 is 0 Å². The van der Waals surface area contributed by atoms with E-state index in [-0.39, 0.29) is 36.2 Å². The zero-order valence-electron chi connectivity index (χ0n) is 10.2.